The molecule has 2 aromatic carbocycles. The number of ether oxygens (including phenoxy) is 5. The minimum Gasteiger partial charge on any atom is -0.462 e. The van der Waals surface area contributed by atoms with Gasteiger partial charge in [0.2, 0.25) is 13.6 Å². The molecule has 1 fully saturated rings. The van der Waals surface area contributed by atoms with E-state index in [1.165, 1.54) is 0 Å². The van der Waals surface area contributed by atoms with E-state index in [0.717, 1.165) is 28.4 Å². The van der Waals surface area contributed by atoms with Gasteiger partial charge in [0.15, 0.2) is 23.0 Å². The van der Waals surface area contributed by atoms with Gasteiger partial charge < -0.3 is 23.7 Å². The minimum atomic E-state index is -0.270. The van der Waals surface area contributed by atoms with E-state index in [0.29, 0.717) is 24.4 Å². The lowest BCUT2D eigenvalue weighted by Gasteiger charge is -2.09. The molecule has 5 rings (SSSR count). The molecular weight excluding hydrogens is 336 g/mol. The van der Waals surface area contributed by atoms with E-state index in [-0.39, 0.29) is 25.5 Å². The summed E-state index contributed by atoms with van der Waals surface area (Å²) in [5.74, 6) is 2.63. The number of cyclic esters (lactones) is 1. The van der Waals surface area contributed by atoms with Gasteiger partial charge >= 0.3 is 5.97 Å². The zero-order valence-electron chi connectivity index (χ0n) is 13.9. The highest BCUT2D eigenvalue weighted by molar-refractivity contribution is 5.96. The molecule has 6 heteroatoms. The number of carbonyl (C=O) groups excluding carboxylic acids is 1. The second kappa shape index (κ2) is 5.98. The van der Waals surface area contributed by atoms with E-state index in [1.807, 2.05) is 42.5 Å². The number of rotatable bonds is 3. The molecule has 0 aromatic heterocycles. The third kappa shape index (κ3) is 2.63. The summed E-state index contributed by atoms with van der Waals surface area (Å²) in [6.07, 6.45) is 2.56. The fourth-order valence-corrected chi connectivity index (χ4v) is 3.40. The molecule has 0 N–H and O–H groups in total. The normalized spacial score (nSPS) is 21.3. The Morgan fingerprint density at radius 2 is 1.54 bits per heavy atom. The Kier molecular flexibility index (Phi) is 3.48. The lowest BCUT2D eigenvalue weighted by molar-refractivity contribution is -0.135. The summed E-state index contributed by atoms with van der Waals surface area (Å²) in [5.41, 5.74) is 2.63. The molecule has 0 radical (unpaired) electrons. The second-order valence-electron chi connectivity index (χ2n) is 6.40. The summed E-state index contributed by atoms with van der Waals surface area (Å²) < 4.78 is 26.8. The van der Waals surface area contributed by atoms with Crippen LogP contribution in [0.3, 0.4) is 0 Å². The molecule has 0 aliphatic carbocycles. The number of hydrogen-bond acceptors (Lipinski definition) is 6. The Morgan fingerprint density at radius 3 is 2.35 bits per heavy atom. The highest BCUT2D eigenvalue weighted by atomic mass is 16.7. The molecule has 2 aromatic rings. The molecule has 0 amide bonds. The zero-order chi connectivity index (χ0) is 17.5. The van der Waals surface area contributed by atoms with Crippen molar-refractivity contribution >= 4 is 12.0 Å². The molecular formula is C20H16O6. The van der Waals surface area contributed by atoms with Gasteiger partial charge in [0.25, 0.3) is 0 Å². The van der Waals surface area contributed by atoms with Crippen LogP contribution in [-0.2, 0) is 16.0 Å². The lowest BCUT2D eigenvalue weighted by Crippen LogP contribution is -2.07. The second-order valence-corrected chi connectivity index (χ2v) is 6.40. The van der Waals surface area contributed by atoms with E-state index >= 15 is 0 Å². The fraction of sp³-hybridized carbons (Fsp3) is 0.250. The number of benzene rings is 2. The largest absolute Gasteiger partial charge is 0.462 e. The van der Waals surface area contributed by atoms with E-state index in [1.54, 1.807) is 0 Å². The van der Waals surface area contributed by atoms with Gasteiger partial charge in [-0.1, -0.05) is 12.1 Å². The first-order valence-corrected chi connectivity index (χ1v) is 8.43. The summed E-state index contributed by atoms with van der Waals surface area (Å²) in [6, 6.07) is 11.5. The maximum Gasteiger partial charge on any atom is 0.334 e. The maximum atomic E-state index is 12.2. The van der Waals surface area contributed by atoms with Crippen LogP contribution in [0.4, 0.5) is 0 Å². The van der Waals surface area contributed by atoms with E-state index in [9.17, 15) is 4.79 Å². The van der Waals surface area contributed by atoms with Crippen molar-refractivity contribution in [2.24, 2.45) is 5.92 Å². The van der Waals surface area contributed by atoms with Crippen LogP contribution < -0.4 is 18.9 Å². The first-order valence-electron chi connectivity index (χ1n) is 8.43. The highest BCUT2D eigenvalue weighted by Gasteiger charge is 2.31. The van der Waals surface area contributed by atoms with Crippen LogP contribution in [0.25, 0.3) is 6.08 Å². The van der Waals surface area contributed by atoms with Crippen molar-refractivity contribution in [2.75, 3.05) is 20.2 Å². The van der Waals surface area contributed by atoms with E-state index < -0.39 is 0 Å². The van der Waals surface area contributed by atoms with Gasteiger partial charge in [-0.3, -0.25) is 0 Å². The maximum absolute atomic E-state index is 12.2. The van der Waals surface area contributed by atoms with Gasteiger partial charge in [-0.2, -0.15) is 0 Å². The summed E-state index contributed by atoms with van der Waals surface area (Å²) in [7, 11) is 0. The third-order valence-electron chi connectivity index (χ3n) is 4.73. The van der Waals surface area contributed by atoms with Crippen LogP contribution in [-0.4, -0.2) is 26.2 Å². The van der Waals surface area contributed by atoms with Crippen molar-refractivity contribution in [2.45, 2.75) is 6.42 Å². The fourth-order valence-electron chi connectivity index (χ4n) is 3.40. The van der Waals surface area contributed by atoms with Crippen LogP contribution >= 0.6 is 0 Å². The molecule has 1 atom stereocenters. The van der Waals surface area contributed by atoms with Crippen LogP contribution in [0.5, 0.6) is 23.0 Å². The Hall–Kier alpha value is -3.15. The Morgan fingerprint density at radius 1 is 0.846 bits per heavy atom. The average molecular weight is 352 g/mol. The van der Waals surface area contributed by atoms with Crippen molar-refractivity contribution in [3.8, 4) is 23.0 Å². The van der Waals surface area contributed by atoms with Crippen molar-refractivity contribution in [3.63, 3.8) is 0 Å². The molecule has 3 aliphatic rings. The van der Waals surface area contributed by atoms with Crippen LogP contribution in [0.1, 0.15) is 11.1 Å². The summed E-state index contributed by atoms with van der Waals surface area (Å²) >= 11 is 0. The predicted molar refractivity (Wildman–Crippen MR) is 91.3 cm³/mol. The quantitative estimate of drug-likeness (QED) is 0.625. The molecule has 6 nitrogen and oxygen atoms in total. The Labute approximate surface area is 149 Å². The molecule has 132 valence electrons. The molecule has 3 aliphatic heterocycles. The van der Waals surface area contributed by atoms with E-state index in [4.69, 9.17) is 23.7 Å². The Bertz CT molecular complexity index is 917. The molecule has 3 heterocycles. The van der Waals surface area contributed by atoms with Gasteiger partial charge in [0, 0.05) is 11.5 Å². The van der Waals surface area contributed by atoms with E-state index in [2.05, 4.69) is 0 Å². The summed E-state index contributed by atoms with van der Waals surface area (Å²) in [4.78, 5) is 12.2. The van der Waals surface area contributed by atoms with Crippen LogP contribution in [0.2, 0.25) is 0 Å². The number of hydrogen-bond donors (Lipinski definition) is 0. The minimum absolute atomic E-state index is 0.00621. The van der Waals surface area contributed by atoms with Crippen molar-refractivity contribution < 1.29 is 28.5 Å². The molecule has 0 unspecified atom stereocenters. The SMILES string of the molecule is O=C1OC[C@H](Cc2ccc3c(c2)OCO3)/C1=C\c1ccc2c(c1)OCO2. The van der Waals surface area contributed by atoms with Gasteiger partial charge in [-0.15, -0.1) is 0 Å². The van der Waals surface area contributed by atoms with Gasteiger partial charge in [-0.25, -0.2) is 4.79 Å². The molecule has 26 heavy (non-hydrogen) atoms. The number of fused-ring (bicyclic) bond motifs is 2. The average Bonchev–Trinajstić information content (AvgIpc) is 3.37. The van der Waals surface area contributed by atoms with Crippen molar-refractivity contribution in [3.05, 3.63) is 53.1 Å². The molecule has 1 saturated heterocycles. The topological polar surface area (TPSA) is 63.2 Å². The first kappa shape index (κ1) is 15.1. The van der Waals surface area contributed by atoms with Crippen LogP contribution in [0, 0.1) is 5.92 Å². The van der Waals surface area contributed by atoms with Gasteiger partial charge in [-0.05, 0) is 47.9 Å². The smallest absolute Gasteiger partial charge is 0.334 e. The molecule has 0 bridgehead atoms. The standard InChI is InChI=1S/C20H16O6/c21-20-15(6-13-2-4-17-19(8-13)26-11-24-17)14(9-22-20)5-12-1-3-16-18(7-12)25-10-23-16/h1-4,6-8,14H,5,9-11H2/b15-6+/t14-/m0/s1. The van der Waals surface area contributed by atoms with Gasteiger partial charge in [0.1, 0.15) is 0 Å². The zero-order valence-corrected chi connectivity index (χ0v) is 13.9. The molecule has 0 saturated carbocycles. The van der Waals surface area contributed by atoms with Crippen LogP contribution in [0.15, 0.2) is 42.0 Å². The monoisotopic (exact) mass is 352 g/mol. The Balaban J connectivity index is 1.41. The third-order valence-corrected chi connectivity index (χ3v) is 4.73. The summed E-state index contributed by atoms with van der Waals surface area (Å²) in [6.45, 7) is 0.854. The first-order chi connectivity index (χ1) is 12.8. The highest BCUT2D eigenvalue weighted by Crippen LogP contribution is 2.36. The summed E-state index contributed by atoms with van der Waals surface area (Å²) in [5, 5.41) is 0. The molecule has 0 spiro atoms. The van der Waals surface area contributed by atoms with Crippen molar-refractivity contribution in [1.29, 1.82) is 0 Å². The lowest BCUT2D eigenvalue weighted by atomic mass is 9.92. The van der Waals surface area contributed by atoms with Crippen molar-refractivity contribution in [1.82, 2.24) is 0 Å². The number of carbonyl (C=O) groups is 1. The number of esters is 1. The predicted octanol–water partition coefficient (Wildman–Crippen LogP) is 2.94. The van der Waals surface area contributed by atoms with Gasteiger partial charge in [0.05, 0.1) is 6.61 Å².